The molecule has 1 amide bonds. The van der Waals surface area contributed by atoms with E-state index >= 15 is 0 Å². The molecular weight excluding hydrogens is 246 g/mol. The lowest BCUT2D eigenvalue weighted by atomic mass is 9.98. The summed E-state index contributed by atoms with van der Waals surface area (Å²) in [5.41, 5.74) is -0.888. The molecule has 0 unspecified atom stereocenters. The van der Waals surface area contributed by atoms with Crippen LogP contribution in [-0.4, -0.2) is 30.8 Å². The third-order valence-corrected chi connectivity index (χ3v) is 3.18. The van der Waals surface area contributed by atoms with E-state index in [4.69, 9.17) is 9.47 Å². The quantitative estimate of drug-likeness (QED) is 0.438. The van der Waals surface area contributed by atoms with Crippen LogP contribution in [0.3, 0.4) is 0 Å². The molecule has 0 atom stereocenters. The second-order valence-electron chi connectivity index (χ2n) is 4.76. The summed E-state index contributed by atoms with van der Waals surface area (Å²) in [6.45, 7) is 6.14. The first-order chi connectivity index (χ1) is 9.14. The summed E-state index contributed by atoms with van der Waals surface area (Å²) in [5, 5.41) is 2.69. The Bertz CT molecular complexity index is 321. The van der Waals surface area contributed by atoms with E-state index in [-0.39, 0.29) is 12.6 Å². The molecule has 108 valence electrons. The molecule has 0 aliphatic heterocycles. The first-order valence-electron chi connectivity index (χ1n) is 6.87. The molecule has 5 nitrogen and oxygen atoms in total. The summed E-state index contributed by atoms with van der Waals surface area (Å²) in [6, 6.07) is 0. The topological polar surface area (TPSA) is 64.6 Å². The Hall–Kier alpha value is -1.52. The molecule has 19 heavy (non-hydrogen) atoms. The summed E-state index contributed by atoms with van der Waals surface area (Å²) in [6.07, 6.45) is 5.54. The monoisotopic (exact) mass is 269 g/mol. The highest BCUT2D eigenvalue weighted by molar-refractivity contribution is 5.86. The van der Waals surface area contributed by atoms with Crippen molar-refractivity contribution in [2.45, 2.75) is 51.0 Å². The molecule has 1 fully saturated rings. The van der Waals surface area contributed by atoms with Gasteiger partial charge in [-0.05, 0) is 25.7 Å². The molecule has 0 aromatic heterocycles. The fourth-order valence-corrected chi connectivity index (χ4v) is 2.16. The molecule has 0 radical (unpaired) electrons. The van der Waals surface area contributed by atoms with E-state index in [1.54, 1.807) is 6.08 Å². The van der Waals surface area contributed by atoms with Crippen molar-refractivity contribution in [2.75, 3.05) is 13.2 Å². The van der Waals surface area contributed by atoms with Crippen LogP contribution in [0, 0.1) is 0 Å². The minimum Gasteiger partial charge on any atom is -0.464 e. The highest BCUT2D eigenvalue weighted by Gasteiger charge is 2.44. The summed E-state index contributed by atoms with van der Waals surface area (Å²) in [4.78, 5) is 23.8. The van der Waals surface area contributed by atoms with E-state index < -0.39 is 11.6 Å². The van der Waals surface area contributed by atoms with Crippen LogP contribution >= 0.6 is 0 Å². The zero-order valence-corrected chi connectivity index (χ0v) is 11.6. The molecule has 0 spiro atoms. The number of hydrogen-bond acceptors (Lipinski definition) is 4. The molecule has 1 saturated carbocycles. The lowest BCUT2D eigenvalue weighted by Crippen LogP contribution is -2.53. The fraction of sp³-hybridized carbons (Fsp3) is 0.714. The van der Waals surface area contributed by atoms with Crippen LogP contribution in [0.1, 0.15) is 45.4 Å². The molecule has 0 heterocycles. The molecular formula is C14H23NO4. The maximum atomic E-state index is 12.1. The normalized spacial score (nSPS) is 16.7. The summed E-state index contributed by atoms with van der Waals surface area (Å²) in [7, 11) is 0. The number of esters is 1. The molecule has 1 rings (SSSR count). The Balaban J connectivity index is 2.53. The maximum absolute atomic E-state index is 12.1. The highest BCUT2D eigenvalue weighted by Crippen LogP contribution is 2.31. The SMILES string of the molecule is C=CCCOC(=O)NC1(C(=O)OCCC)CCCC1. The Morgan fingerprint density at radius 3 is 2.53 bits per heavy atom. The van der Waals surface area contributed by atoms with Gasteiger partial charge in [0.15, 0.2) is 0 Å². The Morgan fingerprint density at radius 1 is 1.26 bits per heavy atom. The van der Waals surface area contributed by atoms with Gasteiger partial charge in [0.25, 0.3) is 0 Å². The molecule has 1 aliphatic rings. The minimum atomic E-state index is -0.888. The number of rotatable bonds is 7. The molecule has 0 aromatic carbocycles. The van der Waals surface area contributed by atoms with Gasteiger partial charge in [0.05, 0.1) is 13.2 Å². The number of amides is 1. The predicted molar refractivity (Wildman–Crippen MR) is 71.7 cm³/mol. The zero-order chi connectivity index (χ0) is 14.1. The van der Waals surface area contributed by atoms with Crippen LogP contribution in [0.5, 0.6) is 0 Å². The summed E-state index contributed by atoms with van der Waals surface area (Å²) >= 11 is 0. The van der Waals surface area contributed by atoms with Crippen molar-refractivity contribution in [3.05, 3.63) is 12.7 Å². The summed E-state index contributed by atoms with van der Waals surface area (Å²) < 4.78 is 10.2. The van der Waals surface area contributed by atoms with Crippen LogP contribution in [0.25, 0.3) is 0 Å². The van der Waals surface area contributed by atoms with E-state index in [0.717, 1.165) is 19.3 Å². The molecule has 0 saturated heterocycles. The second-order valence-corrected chi connectivity index (χ2v) is 4.76. The van der Waals surface area contributed by atoms with E-state index in [1.807, 2.05) is 6.92 Å². The van der Waals surface area contributed by atoms with Gasteiger partial charge < -0.3 is 14.8 Å². The fourth-order valence-electron chi connectivity index (χ4n) is 2.16. The molecule has 0 aromatic rings. The Morgan fingerprint density at radius 2 is 1.95 bits per heavy atom. The van der Waals surface area contributed by atoms with Gasteiger partial charge >= 0.3 is 12.1 Å². The van der Waals surface area contributed by atoms with Crippen LogP contribution in [0.2, 0.25) is 0 Å². The van der Waals surface area contributed by atoms with Gasteiger partial charge in [-0.15, -0.1) is 6.58 Å². The Labute approximate surface area is 114 Å². The molecule has 5 heteroatoms. The van der Waals surface area contributed by atoms with Gasteiger partial charge in [-0.25, -0.2) is 9.59 Å². The van der Waals surface area contributed by atoms with Crippen molar-refractivity contribution in [1.82, 2.24) is 5.32 Å². The van der Waals surface area contributed by atoms with Crippen LogP contribution < -0.4 is 5.32 Å². The average molecular weight is 269 g/mol. The number of carbonyl (C=O) groups excluding carboxylic acids is 2. The van der Waals surface area contributed by atoms with E-state index in [0.29, 0.717) is 25.9 Å². The van der Waals surface area contributed by atoms with E-state index in [1.165, 1.54) is 0 Å². The van der Waals surface area contributed by atoms with Gasteiger partial charge in [-0.1, -0.05) is 25.8 Å². The average Bonchev–Trinajstić information content (AvgIpc) is 2.86. The first kappa shape index (κ1) is 15.5. The molecule has 1 aliphatic carbocycles. The van der Waals surface area contributed by atoms with Crippen molar-refractivity contribution < 1.29 is 19.1 Å². The van der Waals surface area contributed by atoms with Crippen molar-refractivity contribution in [1.29, 1.82) is 0 Å². The smallest absolute Gasteiger partial charge is 0.408 e. The van der Waals surface area contributed by atoms with Crippen molar-refractivity contribution in [3.8, 4) is 0 Å². The van der Waals surface area contributed by atoms with E-state index in [2.05, 4.69) is 11.9 Å². The molecule has 1 N–H and O–H groups in total. The number of carbonyl (C=O) groups is 2. The first-order valence-corrected chi connectivity index (χ1v) is 6.87. The van der Waals surface area contributed by atoms with Crippen molar-refractivity contribution in [3.63, 3.8) is 0 Å². The lowest BCUT2D eigenvalue weighted by Gasteiger charge is -2.27. The number of alkyl carbamates (subject to hydrolysis) is 1. The van der Waals surface area contributed by atoms with Gasteiger partial charge in [0.1, 0.15) is 5.54 Å². The van der Waals surface area contributed by atoms with Gasteiger partial charge in [0.2, 0.25) is 0 Å². The largest absolute Gasteiger partial charge is 0.464 e. The second kappa shape index (κ2) is 7.81. The maximum Gasteiger partial charge on any atom is 0.408 e. The summed E-state index contributed by atoms with van der Waals surface area (Å²) in [5.74, 6) is -0.340. The van der Waals surface area contributed by atoms with Crippen LogP contribution in [-0.2, 0) is 14.3 Å². The van der Waals surface area contributed by atoms with Crippen LogP contribution in [0.15, 0.2) is 12.7 Å². The molecule has 0 bridgehead atoms. The van der Waals surface area contributed by atoms with Crippen molar-refractivity contribution in [2.24, 2.45) is 0 Å². The Kier molecular flexibility index (Phi) is 6.39. The number of nitrogens with one attached hydrogen (secondary N) is 1. The lowest BCUT2D eigenvalue weighted by molar-refractivity contribution is -0.151. The standard InChI is InChI=1S/C14H23NO4/c1-3-5-11-19-13(17)15-14(8-6-7-9-14)12(16)18-10-4-2/h3H,1,4-11H2,2H3,(H,15,17). The van der Waals surface area contributed by atoms with Gasteiger partial charge in [-0.2, -0.15) is 0 Å². The third-order valence-electron chi connectivity index (χ3n) is 3.18. The third kappa shape index (κ3) is 4.58. The van der Waals surface area contributed by atoms with Crippen LogP contribution in [0.4, 0.5) is 4.79 Å². The number of ether oxygens (including phenoxy) is 2. The minimum absolute atomic E-state index is 0.273. The highest BCUT2D eigenvalue weighted by atomic mass is 16.6. The number of hydrogen-bond donors (Lipinski definition) is 1. The van der Waals surface area contributed by atoms with E-state index in [9.17, 15) is 9.59 Å². The predicted octanol–water partition coefficient (Wildman–Crippen LogP) is 2.55. The zero-order valence-electron chi connectivity index (χ0n) is 11.6. The van der Waals surface area contributed by atoms with Crippen molar-refractivity contribution >= 4 is 12.1 Å². The van der Waals surface area contributed by atoms with Gasteiger partial charge in [0, 0.05) is 0 Å². The van der Waals surface area contributed by atoms with Gasteiger partial charge in [-0.3, -0.25) is 0 Å².